The van der Waals surface area contributed by atoms with Crippen LogP contribution < -0.4 is 5.32 Å². The number of amides is 1. The lowest BCUT2D eigenvalue weighted by Gasteiger charge is -2.09. The minimum absolute atomic E-state index is 0.0202. The maximum Gasteiger partial charge on any atom is 0.251 e. The van der Waals surface area contributed by atoms with Crippen molar-refractivity contribution < 1.29 is 9.18 Å². The molecule has 0 bridgehead atoms. The van der Waals surface area contributed by atoms with Crippen molar-refractivity contribution in [1.82, 2.24) is 19.7 Å². The van der Waals surface area contributed by atoms with Crippen molar-refractivity contribution in [3.63, 3.8) is 0 Å². The van der Waals surface area contributed by atoms with Gasteiger partial charge in [-0.25, -0.2) is 9.37 Å². The van der Waals surface area contributed by atoms with Crippen molar-refractivity contribution in [3.8, 4) is 11.3 Å². The molecular weight excluding hydrogens is 367 g/mol. The Morgan fingerprint density at radius 1 is 1.15 bits per heavy atom. The van der Waals surface area contributed by atoms with E-state index in [2.05, 4.69) is 15.3 Å². The molecule has 2 heterocycles. The van der Waals surface area contributed by atoms with Crippen LogP contribution in [0.2, 0.25) is 5.02 Å². The maximum absolute atomic E-state index is 13.8. The fraction of sp³-hybridized carbons (Fsp3) is 0.0500. The van der Waals surface area contributed by atoms with Gasteiger partial charge < -0.3 is 5.32 Å². The van der Waals surface area contributed by atoms with Gasteiger partial charge in [0.25, 0.3) is 5.91 Å². The Hall–Kier alpha value is -3.25. The SMILES string of the molecule is O=C(NCc1c(F)cccc1Cl)c1ccc(-c2cnc3cnccn23)cc1. The van der Waals surface area contributed by atoms with Crippen LogP contribution in [-0.2, 0) is 6.54 Å². The van der Waals surface area contributed by atoms with Crippen LogP contribution in [-0.4, -0.2) is 20.3 Å². The van der Waals surface area contributed by atoms with Gasteiger partial charge in [-0.3, -0.25) is 14.2 Å². The molecular formula is C20H14ClFN4O. The monoisotopic (exact) mass is 380 g/mol. The molecule has 5 nitrogen and oxygen atoms in total. The molecule has 134 valence electrons. The van der Waals surface area contributed by atoms with E-state index in [1.807, 2.05) is 22.7 Å². The first kappa shape index (κ1) is 17.2. The predicted molar refractivity (Wildman–Crippen MR) is 101 cm³/mol. The molecule has 0 spiro atoms. The highest BCUT2D eigenvalue weighted by atomic mass is 35.5. The number of carbonyl (C=O) groups is 1. The Bertz CT molecular complexity index is 1100. The zero-order valence-corrected chi connectivity index (χ0v) is 14.8. The first-order valence-electron chi connectivity index (χ1n) is 8.22. The summed E-state index contributed by atoms with van der Waals surface area (Å²) in [5.41, 5.74) is 3.31. The van der Waals surface area contributed by atoms with Crippen LogP contribution in [0, 0.1) is 5.82 Å². The van der Waals surface area contributed by atoms with Crippen LogP contribution in [0.15, 0.2) is 67.3 Å². The molecule has 0 aliphatic heterocycles. The molecule has 0 atom stereocenters. The summed E-state index contributed by atoms with van der Waals surface area (Å²) in [6, 6.07) is 11.5. The molecule has 2 aromatic heterocycles. The number of fused-ring (bicyclic) bond motifs is 1. The molecule has 7 heteroatoms. The summed E-state index contributed by atoms with van der Waals surface area (Å²) < 4.78 is 15.7. The van der Waals surface area contributed by atoms with E-state index in [1.165, 1.54) is 12.1 Å². The normalized spacial score (nSPS) is 10.9. The van der Waals surface area contributed by atoms with Crippen LogP contribution in [0.25, 0.3) is 16.9 Å². The summed E-state index contributed by atoms with van der Waals surface area (Å²) in [4.78, 5) is 20.7. The number of halogens is 2. The van der Waals surface area contributed by atoms with E-state index in [4.69, 9.17) is 11.6 Å². The number of nitrogens with one attached hydrogen (secondary N) is 1. The highest BCUT2D eigenvalue weighted by molar-refractivity contribution is 6.31. The van der Waals surface area contributed by atoms with Crippen LogP contribution in [0.4, 0.5) is 4.39 Å². The van der Waals surface area contributed by atoms with Gasteiger partial charge in [0.05, 0.1) is 18.1 Å². The molecule has 0 aliphatic carbocycles. The Morgan fingerprint density at radius 2 is 1.96 bits per heavy atom. The molecule has 4 rings (SSSR count). The number of imidazole rings is 1. The Kier molecular flexibility index (Phi) is 4.56. The van der Waals surface area contributed by atoms with Crippen LogP contribution >= 0.6 is 11.6 Å². The zero-order valence-electron chi connectivity index (χ0n) is 14.1. The molecule has 4 aromatic rings. The predicted octanol–water partition coefficient (Wildman–Crippen LogP) is 4.12. The molecule has 1 N–H and O–H groups in total. The summed E-state index contributed by atoms with van der Waals surface area (Å²) in [6.45, 7) is 0.0202. The number of hydrogen-bond acceptors (Lipinski definition) is 3. The number of benzene rings is 2. The van der Waals surface area contributed by atoms with Gasteiger partial charge in [0.15, 0.2) is 5.65 Å². The van der Waals surface area contributed by atoms with Crippen molar-refractivity contribution in [2.75, 3.05) is 0 Å². The average molecular weight is 381 g/mol. The van der Waals surface area contributed by atoms with Gasteiger partial charge in [-0.15, -0.1) is 0 Å². The summed E-state index contributed by atoms with van der Waals surface area (Å²) in [5.74, 6) is -0.747. The van der Waals surface area contributed by atoms with Crippen molar-refractivity contribution in [3.05, 3.63) is 89.2 Å². The third kappa shape index (κ3) is 3.39. The zero-order chi connectivity index (χ0) is 18.8. The topological polar surface area (TPSA) is 59.3 Å². The second-order valence-electron chi connectivity index (χ2n) is 5.91. The second-order valence-corrected chi connectivity index (χ2v) is 6.32. The van der Waals surface area contributed by atoms with E-state index in [0.717, 1.165) is 16.9 Å². The number of nitrogens with zero attached hydrogens (tertiary/aromatic N) is 3. The highest BCUT2D eigenvalue weighted by Gasteiger charge is 2.11. The molecule has 27 heavy (non-hydrogen) atoms. The molecule has 1 amide bonds. The van der Waals surface area contributed by atoms with E-state index in [1.54, 1.807) is 36.8 Å². The standard InChI is InChI=1S/C20H14ClFN4O/c21-16-2-1-3-17(22)15(16)10-25-20(27)14-6-4-13(5-7-14)18-11-24-19-12-23-8-9-26(18)19/h1-9,11-12H,10H2,(H,25,27). The van der Waals surface area contributed by atoms with Crippen LogP contribution in [0.1, 0.15) is 15.9 Å². The van der Waals surface area contributed by atoms with Crippen molar-refractivity contribution in [1.29, 1.82) is 0 Å². The fourth-order valence-electron chi connectivity index (χ4n) is 2.82. The largest absolute Gasteiger partial charge is 0.348 e. The van der Waals surface area contributed by atoms with Crippen molar-refractivity contribution in [2.45, 2.75) is 6.54 Å². The van der Waals surface area contributed by atoms with E-state index in [0.29, 0.717) is 5.56 Å². The lowest BCUT2D eigenvalue weighted by molar-refractivity contribution is 0.0950. The average Bonchev–Trinajstić information content (AvgIpc) is 3.12. The Balaban J connectivity index is 1.51. The third-order valence-electron chi connectivity index (χ3n) is 4.25. The van der Waals surface area contributed by atoms with Gasteiger partial charge in [0.1, 0.15) is 5.82 Å². The van der Waals surface area contributed by atoms with Gasteiger partial charge in [-0.05, 0) is 24.3 Å². The molecule has 0 fully saturated rings. The third-order valence-corrected chi connectivity index (χ3v) is 4.60. The minimum Gasteiger partial charge on any atom is -0.348 e. The van der Waals surface area contributed by atoms with Gasteiger partial charge in [-0.2, -0.15) is 0 Å². The van der Waals surface area contributed by atoms with Gasteiger partial charge >= 0.3 is 0 Å². The van der Waals surface area contributed by atoms with E-state index in [-0.39, 0.29) is 23.0 Å². The molecule has 0 saturated heterocycles. The van der Waals surface area contributed by atoms with E-state index < -0.39 is 5.82 Å². The maximum atomic E-state index is 13.8. The molecule has 0 aliphatic rings. The van der Waals surface area contributed by atoms with Crippen LogP contribution in [0.5, 0.6) is 0 Å². The summed E-state index contributed by atoms with van der Waals surface area (Å²) in [5, 5.41) is 2.98. The lowest BCUT2D eigenvalue weighted by atomic mass is 10.1. The first-order chi connectivity index (χ1) is 13.1. The fourth-order valence-corrected chi connectivity index (χ4v) is 3.05. The van der Waals surface area contributed by atoms with Crippen LogP contribution in [0.3, 0.4) is 0 Å². The first-order valence-corrected chi connectivity index (χ1v) is 8.60. The second kappa shape index (κ2) is 7.17. The van der Waals surface area contributed by atoms with Gasteiger partial charge in [-0.1, -0.05) is 29.8 Å². The summed E-state index contributed by atoms with van der Waals surface area (Å²) in [6.07, 6.45) is 6.95. The summed E-state index contributed by atoms with van der Waals surface area (Å²) in [7, 11) is 0. The molecule has 0 radical (unpaired) electrons. The Morgan fingerprint density at radius 3 is 2.74 bits per heavy atom. The molecule has 0 saturated carbocycles. The van der Waals surface area contributed by atoms with Crippen molar-refractivity contribution in [2.24, 2.45) is 0 Å². The molecule has 2 aromatic carbocycles. The number of hydrogen-bond donors (Lipinski definition) is 1. The van der Waals surface area contributed by atoms with Crippen molar-refractivity contribution >= 4 is 23.2 Å². The highest BCUT2D eigenvalue weighted by Crippen LogP contribution is 2.21. The van der Waals surface area contributed by atoms with Gasteiger partial charge in [0, 0.05) is 40.7 Å². The quantitative estimate of drug-likeness (QED) is 0.579. The van der Waals surface area contributed by atoms with Gasteiger partial charge in [0.2, 0.25) is 0 Å². The summed E-state index contributed by atoms with van der Waals surface area (Å²) >= 11 is 5.98. The molecule has 0 unspecified atom stereocenters. The number of aromatic nitrogens is 3. The van der Waals surface area contributed by atoms with E-state index >= 15 is 0 Å². The smallest absolute Gasteiger partial charge is 0.251 e. The van der Waals surface area contributed by atoms with E-state index in [9.17, 15) is 9.18 Å². The number of rotatable bonds is 4. The number of carbonyl (C=O) groups excluding carboxylic acids is 1. The lowest BCUT2D eigenvalue weighted by Crippen LogP contribution is -2.23. The minimum atomic E-state index is -0.444. The Labute approximate surface area is 159 Å².